The first-order chi connectivity index (χ1) is 12.5. The minimum Gasteiger partial charge on any atom is -0.490 e. The van der Waals surface area contributed by atoms with Crippen molar-refractivity contribution in [3.63, 3.8) is 0 Å². The van der Waals surface area contributed by atoms with Crippen LogP contribution in [-0.4, -0.2) is 30.0 Å². The number of aryl methyl sites for hydroxylation is 1. The standard InChI is InChI=1S/C22H28N2O2.ClH/c1-16-8-10-19(11-9-16)26-20-12-14-24(15-13-20)22(25)17(2)21(23)18-6-4-3-5-7-18;/h3-11,17,20-21H,12-15,23H2,1-2H3;1H. The molecule has 0 bridgehead atoms. The Labute approximate surface area is 168 Å². The van der Waals surface area contributed by atoms with Crippen LogP contribution in [-0.2, 0) is 4.79 Å². The van der Waals surface area contributed by atoms with Crippen molar-refractivity contribution < 1.29 is 9.53 Å². The number of amides is 1. The summed E-state index contributed by atoms with van der Waals surface area (Å²) in [7, 11) is 0. The highest BCUT2D eigenvalue weighted by Crippen LogP contribution is 2.24. The van der Waals surface area contributed by atoms with Crippen LogP contribution >= 0.6 is 12.4 Å². The van der Waals surface area contributed by atoms with Crippen molar-refractivity contribution in [2.45, 2.75) is 38.8 Å². The molecule has 0 aromatic heterocycles. The Balaban J connectivity index is 0.00000261. The molecule has 2 aromatic rings. The third kappa shape index (κ3) is 5.47. The molecule has 0 saturated carbocycles. The number of nitrogens with zero attached hydrogens (tertiary/aromatic N) is 1. The summed E-state index contributed by atoms with van der Waals surface area (Å²) in [5, 5.41) is 0. The Hall–Kier alpha value is -2.04. The van der Waals surface area contributed by atoms with Gasteiger partial charge in [-0.25, -0.2) is 0 Å². The molecule has 4 nitrogen and oxygen atoms in total. The number of hydrogen-bond acceptors (Lipinski definition) is 3. The minimum absolute atomic E-state index is 0. The first-order valence-electron chi connectivity index (χ1n) is 9.37. The van der Waals surface area contributed by atoms with Crippen molar-refractivity contribution in [1.82, 2.24) is 4.90 Å². The molecular formula is C22H29ClN2O2. The fraction of sp³-hybridized carbons (Fsp3) is 0.409. The Morgan fingerprint density at radius 1 is 1.07 bits per heavy atom. The molecule has 1 saturated heterocycles. The zero-order chi connectivity index (χ0) is 18.5. The second-order valence-electron chi connectivity index (χ2n) is 7.18. The molecule has 5 heteroatoms. The highest BCUT2D eigenvalue weighted by molar-refractivity contribution is 5.85. The quantitative estimate of drug-likeness (QED) is 0.838. The molecule has 1 aliphatic heterocycles. The van der Waals surface area contributed by atoms with Gasteiger partial charge in [-0.15, -0.1) is 12.4 Å². The number of benzene rings is 2. The maximum Gasteiger partial charge on any atom is 0.227 e. The van der Waals surface area contributed by atoms with Crippen LogP contribution in [0.4, 0.5) is 0 Å². The van der Waals surface area contributed by atoms with Gasteiger partial charge in [-0.3, -0.25) is 4.79 Å². The molecular weight excluding hydrogens is 360 g/mol. The molecule has 2 unspecified atom stereocenters. The summed E-state index contributed by atoms with van der Waals surface area (Å²) in [6.07, 6.45) is 1.87. The number of halogens is 1. The fourth-order valence-corrected chi connectivity index (χ4v) is 3.41. The lowest BCUT2D eigenvalue weighted by Gasteiger charge is -2.35. The smallest absolute Gasteiger partial charge is 0.227 e. The van der Waals surface area contributed by atoms with E-state index in [-0.39, 0.29) is 36.4 Å². The van der Waals surface area contributed by atoms with Gasteiger partial charge in [0, 0.05) is 32.0 Å². The van der Waals surface area contributed by atoms with Gasteiger partial charge in [0.1, 0.15) is 11.9 Å². The highest BCUT2D eigenvalue weighted by Gasteiger charge is 2.30. The van der Waals surface area contributed by atoms with E-state index in [2.05, 4.69) is 19.1 Å². The van der Waals surface area contributed by atoms with E-state index in [0.717, 1.165) is 37.2 Å². The molecule has 0 spiro atoms. The lowest BCUT2D eigenvalue weighted by Crippen LogP contribution is -2.45. The summed E-state index contributed by atoms with van der Waals surface area (Å²) in [6.45, 7) is 5.44. The van der Waals surface area contributed by atoms with E-state index in [4.69, 9.17) is 10.5 Å². The van der Waals surface area contributed by atoms with Crippen molar-refractivity contribution in [3.8, 4) is 5.75 Å². The van der Waals surface area contributed by atoms with Gasteiger partial charge in [-0.05, 0) is 24.6 Å². The number of nitrogens with two attached hydrogens (primary N) is 1. The van der Waals surface area contributed by atoms with Gasteiger partial charge in [0.15, 0.2) is 0 Å². The van der Waals surface area contributed by atoms with Crippen molar-refractivity contribution >= 4 is 18.3 Å². The molecule has 27 heavy (non-hydrogen) atoms. The van der Waals surface area contributed by atoms with Gasteiger partial charge in [0.05, 0.1) is 5.92 Å². The zero-order valence-electron chi connectivity index (χ0n) is 16.0. The Morgan fingerprint density at radius 3 is 2.26 bits per heavy atom. The van der Waals surface area contributed by atoms with Crippen LogP contribution in [0.2, 0.25) is 0 Å². The molecule has 2 atom stereocenters. The molecule has 1 amide bonds. The monoisotopic (exact) mass is 388 g/mol. The summed E-state index contributed by atoms with van der Waals surface area (Å²) in [5.74, 6) is 0.807. The van der Waals surface area contributed by atoms with Gasteiger partial charge in [0.25, 0.3) is 0 Å². The van der Waals surface area contributed by atoms with Crippen molar-refractivity contribution in [2.75, 3.05) is 13.1 Å². The van der Waals surface area contributed by atoms with Crippen LogP contribution in [0.3, 0.4) is 0 Å². The van der Waals surface area contributed by atoms with E-state index in [9.17, 15) is 4.79 Å². The van der Waals surface area contributed by atoms with E-state index in [1.54, 1.807) is 0 Å². The Kier molecular flexibility index (Phi) is 7.69. The van der Waals surface area contributed by atoms with Crippen LogP contribution < -0.4 is 10.5 Å². The molecule has 0 radical (unpaired) electrons. The third-order valence-electron chi connectivity index (χ3n) is 5.19. The minimum atomic E-state index is -0.273. The molecule has 2 aromatic carbocycles. The number of carbonyl (C=O) groups excluding carboxylic acids is 1. The predicted octanol–water partition coefficient (Wildman–Crippen LogP) is 4.12. The molecule has 1 fully saturated rings. The van der Waals surface area contributed by atoms with Gasteiger partial charge < -0.3 is 15.4 Å². The summed E-state index contributed by atoms with van der Waals surface area (Å²) in [6, 6.07) is 17.7. The molecule has 0 aliphatic carbocycles. The molecule has 1 aliphatic rings. The molecule has 2 N–H and O–H groups in total. The summed E-state index contributed by atoms with van der Waals surface area (Å²) in [4.78, 5) is 14.8. The maximum atomic E-state index is 12.8. The Bertz CT molecular complexity index is 713. The van der Waals surface area contributed by atoms with E-state index in [1.165, 1.54) is 5.56 Å². The Morgan fingerprint density at radius 2 is 1.67 bits per heavy atom. The number of likely N-dealkylation sites (tertiary alicyclic amines) is 1. The van der Waals surface area contributed by atoms with Crippen molar-refractivity contribution in [1.29, 1.82) is 0 Å². The summed E-state index contributed by atoms with van der Waals surface area (Å²) < 4.78 is 6.05. The number of ether oxygens (including phenoxy) is 1. The van der Waals surface area contributed by atoms with E-state index in [1.807, 2.05) is 54.3 Å². The van der Waals surface area contributed by atoms with Crippen LogP contribution in [0.5, 0.6) is 5.75 Å². The largest absolute Gasteiger partial charge is 0.490 e. The fourth-order valence-electron chi connectivity index (χ4n) is 3.41. The van der Waals surface area contributed by atoms with Crippen LogP contribution in [0.25, 0.3) is 0 Å². The summed E-state index contributed by atoms with van der Waals surface area (Å²) >= 11 is 0. The zero-order valence-corrected chi connectivity index (χ0v) is 16.8. The average molecular weight is 389 g/mol. The first-order valence-corrected chi connectivity index (χ1v) is 9.37. The number of rotatable bonds is 5. The lowest BCUT2D eigenvalue weighted by molar-refractivity contribution is -0.137. The SMILES string of the molecule is Cc1ccc(OC2CCN(C(=O)C(C)C(N)c3ccccc3)CC2)cc1.Cl. The summed E-state index contributed by atoms with van der Waals surface area (Å²) in [5.41, 5.74) is 8.54. The maximum absolute atomic E-state index is 12.8. The highest BCUT2D eigenvalue weighted by atomic mass is 35.5. The lowest BCUT2D eigenvalue weighted by atomic mass is 9.93. The van der Waals surface area contributed by atoms with Crippen LogP contribution in [0.15, 0.2) is 54.6 Å². The number of piperidine rings is 1. The van der Waals surface area contributed by atoms with Gasteiger partial charge in [-0.1, -0.05) is 55.0 Å². The van der Waals surface area contributed by atoms with Crippen molar-refractivity contribution in [3.05, 3.63) is 65.7 Å². The van der Waals surface area contributed by atoms with E-state index < -0.39 is 0 Å². The third-order valence-corrected chi connectivity index (χ3v) is 5.19. The molecule has 146 valence electrons. The van der Waals surface area contributed by atoms with Crippen molar-refractivity contribution in [2.24, 2.45) is 11.7 Å². The van der Waals surface area contributed by atoms with Gasteiger partial charge in [0.2, 0.25) is 5.91 Å². The molecule has 3 rings (SSSR count). The van der Waals surface area contributed by atoms with Gasteiger partial charge in [-0.2, -0.15) is 0 Å². The first kappa shape index (κ1) is 21.3. The second-order valence-corrected chi connectivity index (χ2v) is 7.18. The second kappa shape index (κ2) is 9.77. The van der Waals surface area contributed by atoms with Crippen LogP contribution in [0, 0.1) is 12.8 Å². The average Bonchev–Trinajstić information content (AvgIpc) is 2.69. The van der Waals surface area contributed by atoms with Gasteiger partial charge >= 0.3 is 0 Å². The topological polar surface area (TPSA) is 55.6 Å². The predicted molar refractivity (Wildman–Crippen MR) is 111 cm³/mol. The van der Waals surface area contributed by atoms with E-state index >= 15 is 0 Å². The van der Waals surface area contributed by atoms with E-state index in [0.29, 0.717) is 0 Å². The molecule has 1 heterocycles. The normalized spacial score (nSPS) is 16.9. The number of carbonyl (C=O) groups is 1. The number of hydrogen-bond donors (Lipinski definition) is 1. The van der Waals surface area contributed by atoms with Crippen LogP contribution in [0.1, 0.15) is 36.9 Å².